The largest absolute Gasteiger partial charge is 0.491 e. The minimum absolute atomic E-state index is 0.0640. The molecule has 506 valence electrons. The molecule has 4 unspecified atom stereocenters. The van der Waals surface area contributed by atoms with Crippen LogP contribution in [0.3, 0.4) is 0 Å². The van der Waals surface area contributed by atoms with Gasteiger partial charge in [0.25, 0.3) is 0 Å². The number of Topliss-reactive ketones (excluding diaryl/α,β-unsaturated/α-hetero) is 1. The zero-order chi connectivity index (χ0) is 68.1. The third-order valence-corrected chi connectivity index (χ3v) is 13.6. The number of benzene rings is 5. The van der Waals surface area contributed by atoms with E-state index < -0.39 is 24.4 Å². The molecule has 5 aromatic carbocycles. The number of nitrogens with zero attached hydrogens (tertiary/aromatic N) is 2. The molecule has 20 heteroatoms. The van der Waals surface area contributed by atoms with Gasteiger partial charge in [-0.25, -0.2) is 4.79 Å². The maximum atomic E-state index is 12.2. The Balaban J connectivity index is 0.000000325. The number of carbonyl (C=O) groups excluding carboxylic acids is 2. The van der Waals surface area contributed by atoms with Crippen LogP contribution in [0.2, 0.25) is 0 Å². The van der Waals surface area contributed by atoms with Gasteiger partial charge in [0.2, 0.25) is 0 Å². The van der Waals surface area contributed by atoms with Gasteiger partial charge in [-0.1, -0.05) is 94.9 Å². The Hall–Kier alpha value is -7.55. The summed E-state index contributed by atoms with van der Waals surface area (Å²) in [6.45, 7) is 32.2. The predicted molar refractivity (Wildman–Crippen MR) is 368 cm³/mol. The smallest absolute Gasteiger partial charge is 0.321 e. The van der Waals surface area contributed by atoms with Crippen molar-refractivity contribution in [2.45, 2.75) is 144 Å². The first kappa shape index (κ1) is 78.7. The lowest BCUT2D eigenvalue weighted by atomic mass is 9.94. The summed E-state index contributed by atoms with van der Waals surface area (Å²) in [5, 5.41) is 65.9. The van der Waals surface area contributed by atoms with Gasteiger partial charge < -0.3 is 85.3 Å². The summed E-state index contributed by atoms with van der Waals surface area (Å²) in [4.78, 5) is 29.1. The molecule has 4 atom stereocenters. The zero-order valence-corrected chi connectivity index (χ0v) is 56.6. The number of anilines is 1. The van der Waals surface area contributed by atoms with Crippen LogP contribution in [0, 0.1) is 11.3 Å². The number of urea groups is 1. The molecule has 10 N–H and O–H groups in total. The number of aromatic amines is 1. The fourth-order valence-electron chi connectivity index (χ4n) is 8.58. The molecule has 1 heterocycles. The number of methoxy groups -OCH3 is 1. The number of aliphatic hydroxyl groups is 4. The quantitative estimate of drug-likeness (QED) is 0.0131. The number of rotatable bonds is 35. The Morgan fingerprint density at radius 2 is 1.18 bits per heavy atom. The molecule has 0 saturated heterocycles. The molecule has 1 aromatic heterocycles. The number of fused-ring (bicyclic) bond motifs is 1. The van der Waals surface area contributed by atoms with Gasteiger partial charge in [0.15, 0.2) is 17.3 Å². The molecule has 6 rings (SSSR count). The second-order valence-corrected chi connectivity index (χ2v) is 24.3. The molecule has 0 bridgehead atoms. The fraction of sp³-hybridized carbons (Fsp3) is 0.486. The van der Waals surface area contributed by atoms with Crippen LogP contribution >= 0.6 is 0 Å². The molecule has 92 heavy (non-hydrogen) atoms. The predicted octanol–water partition coefficient (Wildman–Crippen LogP) is 9.88. The molecule has 0 spiro atoms. The van der Waals surface area contributed by atoms with E-state index in [1.807, 2.05) is 135 Å². The van der Waals surface area contributed by atoms with E-state index in [9.17, 15) is 30.0 Å². The average Bonchev–Trinajstić information content (AvgIpc) is 1.74. The number of ether oxygens (including phenoxy) is 6. The molecule has 0 aliphatic heterocycles. The van der Waals surface area contributed by atoms with E-state index in [0.717, 1.165) is 30.7 Å². The van der Waals surface area contributed by atoms with E-state index in [-0.39, 0.29) is 42.7 Å². The van der Waals surface area contributed by atoms with Crippen LogP contribution in [0.25, 0.3) is 10.9 Å². The van der Waals surface area contributed by atoms with Gasteiger partial charge in [0, 0.05) is 92.3 Å². The summed E-state index contributed by atoms with van der Waals surface area (Å²) < 4.78 is 32.9. The standard InChI is InChI=1S/C22H25N3O2.C20H33N3O4.C15H25NO3.C15H23NO3/c1-22(2,11-17-13-24-20-9-5-4-8-19(17)20)25-14-18(26)15-27-21-10-6-3-7-16(21)12-23;1-7-23(8-2)19(26)22-15-9-10-18(17(11-15)14(3)24)27-13-16(25)12-21-20(4,5)6;1-12(2)16-10-14(17)11-19-15-6-4-13(5-7-15)8-9-18-3;1-4-9-18-14-7-5-6-8-15(14)19-11-13(17)10-16-12(2)3/h3-10,13,18,24-26H,11,14-15H2,1-2H3;9-11,16,21,25H,7-8,12-13H2,1-6H3,(H,22,26);4-7,12,14,16-17H,8-11H2,1-3H3;4-8,12-13,16-17H,1,9-11H2,2-3H3. The second-order valence-electron chi connectivity index (χ2n) is 24.3. The number of aliphatic hydroxyl groups excluding tert-OH is 4. The summed E-state index contributed by atoms with van der Waals surface area (Å²) in [6, 6.07) is 38.1. The molecule has 0 aliphatic rings. The van der Waals surface area contributed by atoms with E-state index in [0.29, 0.717) is 104 Å². The van der Waals surface area contributed by atoms with E-state index >= 15 is 0 Å². The SMILES string of the molecule is C=CCOc1ccccc1OCC(O)CNC(C)C.CC(C)(Cc1c[nH]c2ccccc12)NCC(O)COc1ccccc1C#N.CCN(CC)C(=O)Nc1ccc(OCC(O)CNC(C)(C)C)c(C(C)=O)c1.COCCc1ccc(OCC(O)CNC(C)C)cc1. The zero-order valence-electron chi connectivity index (χ0n) is 56.6. The second kappa shape index (κ2) is 42.6. The Kier molecular flexibility index (Phi) is 36.4. The number of ketones is 1. The average molecular weight is 1280 g/mol. The Morgan fingerprint density at radius 3 is 1.74 bits per heavy atom. The topological polar surface area (TPSA) is 273 Å². The fourth-order valence-corrected chi connectivity index (χ4v) is 8.58. The summed E-state index contributed by atoms with van der Waals surface area (Å²) in [7, 11) is 1.70. The monoisotopic (exact) mass is 1270 g/mol. The minimum Gasteiger partial charge on any atom is -0.491 e. The molecule has 0 fully saturated rings. The van der Waals surface area contributed by atoms with Crippen LogP contribution in [0.5, 0.6) is 28.7 Å². The van der Waals surface area contributed by atoms with Crippen LogP contribution in [0.4, 0.5) is 10.5 Å². The van der Waals surface area contributed by atoms with Gasteiger partial charge in [-0.2, -0.15) is 5.26 Å². The van der Waals surface area contributed by atoms with Gasteiger partial charge in [0.05, 0.1) is 17.7 Å². The molecule has 0 radical (unpaired) electrons. The van der Waals surface area contributed by atoms with Crippen LogP contribution in [-0.2, 0) is 17.6 Å². The summed E-state index contributed by atoms with van der Waals surface area (Å²) in [5.41, 5.74) is 4.67. The van der Waals surface area contributed by atoms with Crippen LogP contribution < -0.4 is 50.3 Å². The number of hydrogen-bond acceptors (Lipinski definition) is 17. The number of β-amino-alcohol motifs (C(OH)–C–C–N with tert-alkyl or cyclic N) is 2. The lowest BCUT2D eigenvalue weighted by molar-refractivity contribution is 0.0950. The van der Waals surface area contributed by atoms with E-state index in [4.69, 9.17) is 33.7 Å². The highest BCUT2D eigenvalue weighted by molar-refractivity contribution is 5.99. The van der Waals surface area contributed by atoms with Crippen LogP contribution in [-0.4, -0.2) is 176 Å². The molecule has 20 nitrogen and oxygen atoms in total. The lowest BCUT2D eigenvalue weighted by Crippen LogP contribution is -2.46. The molecular weight excluding hydrogens is 1170 g/mol. The first-order valence-electron chi connectivity index (χ1n) is 31.7. The first-order chi connectivity index (χ1) is 43.8. The van der Waals surface area contributed by atoms with Crippen molar-refractivity contribution in [1.82, 2.24) is 31.2 Å². The molecule has 0 aliphatic carbocycles. The highest BCUT2D eigenvalue weighted by Gasteiger charge is 2.22. The van der Waals surface area contributed by atoms with Gasteiger partial charge in [-0.3, -0.25) is 4.79 Å². The lowest BCUT2D eigenvalue weighted by Gasteiger charge is -2.28. The third kappa shape index (κ3) is 32.1. The van der Waals surface area contributed by atoms with E-state index in [2.05, 4.69) is 70.2 Å². The highest BCUT2D eigenvalue weighted by atomic mass is 16.5. The number of amides is 2. The molecule has 6 aromatic rings. The molecule has 2 amide bonds. The summed E-state index contributed by atoms with van der Waals surface area (Å²) >= 11 is 0. The maximum absolute atomic E-state index is 12.2. The maximum Gasteiger partial charge on any atom is 0.321 e. The number of nitrogens with one attached hydrogen (secondary N) is 6. The van der Waals surface area contributed by atoms with Crippen molar-refractivity contribution < 1.29 is 58.4 Å². The van der Waals surface area contributed by atoms with E-state index in [1.54, 1.807) is 54.5 Å². The number of para-hydroxylation sites is 4. The Labute approximate surface area is 547 Å². The molecular formula is C72H106N8O12. The van der Waals surface area contributed by atoms with Crippen LogP contribution in [0.1, 0.15) is 110 Å². The minimum atomic E-state index is -0.703. The number of hydrogen-bond donors (Lipinski definition) is 10. The van der Waals surface area contributed by atoms with Crippen molar-refractivity contribution in [3.63, 3.8) is 0 Å². The molecule has 0 saturated carbocycles. The number of H-pyrrole nitrogens is 1. The van der Waals surface area contributed by atoms with Crippen molar-refractivity contribution >= 4 is 28.4 Å². The number of aromatic nitrogens is 1. The van der Waals surface area contributed by atoms with Gasteiger partial charge in [0.1, 0.15) is 80.8 Å². The third-order valence-electron chi connectivity index (χ3n) is 13.6. The summed E-state index contributed by atoms with van der Waals surface area (Å²) in [6.07, 6.45) is 3.06. The van der Waals surface area contributed by atoms with Gasteiger partial charge in [-0.05, 0) is 140 Å². The number of carbonyl (C=O) groups is 2. The first-order valence-corrected chi connectivity index (χ1v) is 31.7. The Morgan fingerprint density at radius 1 is 0.663 bits per heavy atom. The van der Waals surface area contributed by atoms with Crippen molar-refractivity contribution in [1.29, 1.82) is 5.26 Å². The summed E-state index contributed by atoms with van der Waals surface area (Å²) in [5.74, 6) is 2.78. The highest BCUT2D eigenvalue weighted by Crippen LogP contribution is 2.28. The van der Waals surface area contributed by atoms with Crippen molar-refractivity contribution in [2.75, 3.05) is 91.3 Å². The van der Waals surface area contributed by atoms with Gasteiger partial charge in [-0.15, -0.1) is 0 Å². The van der Waals surface area contributed by atoms with Crippen molar-refractivity contribution in [3.05, 3.63) is 156 Å². The van der Waals surface area contributed by atoms with E-state index in [1.165, 1.54) is 23.4 Å². The van der Waals surface area contributed by atoms with Crippen LogP contribution in [0.15, 0.2) is 134 Å². The normalized spacial score (nSPS) is 12.5. The van der Waals surface area contributed by atoms with Gasteiger partial charge >= 0.3 is 6.03 Å². The van der Waals surface area contributed by atoms with Crippen molar-refractivity contribution in [2.24, 2.45) is 0 Å². The van der Waals surface area contributed by atoms with Crippen molar-refractivity contribution in [3.8, 4) is 34.8 Å². The number of nitriles is 1. The Bertz CT molecular complexity index is 3080.